The zero-order valence-electron chi connectivity index (χ0n) is 22.0. The molecule has 0 aliphatic carbocycles. The van der Waals surface area contributed by atoms with Crippen molar-refractivity contribution >= 4 is 16.0 Å². The van der Waals surface area contributed by atoms with Crippen LogP contribution in [0.25, 0.3) is 17.2 Å². The van der Waals surface area contributed by atoms with Crippen molar-refractivity contribution in [3.05, 3.63) is 54.2 Å². The summed E-state index contributed by atoms with van der Waals surface area (Å²) in [6, 6.07) is 6.94. The molecule has 1 N–H and O–H groups in total. The maximum atomic E-state index is 13.7. The van der Waals surface area contributed by atoms with Gasteiger partial charge in [-0.15, -0.1) is 10.2 Å². The van der Waals surface area contributed by atoms with Crippen molar-refractivity contribution in [2.24, 2.45) is 7.05 Å². The predicted octanol–water partition coefficient (Wildman–Crippen LogP) is 2.69. The number of ether oxygens (including phenoxy) is 3. The molecule has 0 fully saturated rings. The highest BCUT2D eigenvalue weighted by molar-refractivity contribution is 7.93. The van der Waals surface area contributed by atoms with Crippen LogP contribution in [0.1, 0.15) is 31.3 Å². The van der Waals surface area contributed by atoms with Gasteiger partial charge in [-0.3, -0.25) is 14.0 Å². The quantitative estimate of drug-likeness (QED) is 0.300. The Morgan fingerprint density at radius 3 is 2.26 bits per heavy atom. The van der Waals surface area contributed by atoms with E-state index in [1.54, 1.807) is 61.5 Å². The first-order chi connectivity index (χ1) is 18.2. The van der Waals surface area contributed by atoms with E-state index in [0.29, 0.717) is 22.9 Å². The molecule has 0 aliphatic heterocycles. The lowest BCUT2D eigenvalue weighted by Crippen LogP contribution is -2.34. The first kappa shape index (κ1) is 27.0. The third-order valence-electron chi connectivity index (χ3n) is 5.78. The summed E-state index contributed by atoms with van der Waals surface area (Å²) in [5.41, 5.74) is 1.71. The maximum absolute atomic E-state index is 13.7. The van der Waals surface area contributed by atoms with Crippen molar-refractivity contribution in [2.75, 3.05) is 25.5 Å². The van der Waals surface area contributed by atoms with Gasteiger partial charge in [0.05, 0.1) is 14.2 Å². The summed E-state index contributed by atoms with van der Waals surface area (Å²) in [4.78, 5) is 8.58. The first-order valence-electron chi connectivity index (χ1n) is 11.8. The fourth-order valence-electron chi connectivity index (χ4n) is 3.85. The summed E-state index contributed by atoms with van der Waals surface area (Å²) < 4.78 is 50.0. The van der Waals surface area contributed by atoms with Crippen LogP contribution in [0.15, 0.2) is 42.9 Å². The molecule has 13 nitrogen and oxygen atoms in total. The predicted molar refractivity (Wildman–Crippen MR) is 140 cm³/mol. The Bertz CT molecular complexity index is 1480. The van der Waals surface area contributed by atoms with Crippen molar-refractivity contribution in [1.29, 1.82) is 0 Å². The third-order valence-corrected chi connectivity index (χ3v) is 7.48. The highest BCUT2D eigenvalue weighted by Crippen LogP contribution is 2.37. The zero-order chi connectivity index (χ0) is 27.4. The van der Waals surface area contributed by atoms with Gasteiger partial charge in [-0.05, 0) is 44.5 Å². The standard InChI is InChI=1S/C24H30N8O5S/c1-7-37-21(22-25-13-15(2)14-26-22)16(3)38(33,34)30-24-28-27-23(17-11-12-31(4)29-17)32(24)20-18(35-5)9-8-10-19(20)36-6/h8-14,16,21H,7H2,1-6H3,(H,28,30)/t16-,21-/m1/s1. The van der Waals surface area contributed by atoms with Crippen LogP contribution in [-0.4, -0.2) is 69.0 Å². The fraction of sp³-hybridized carbons (Fsp3) is 0.375. The van der Waals surface area contributed by atoms with Gasteiger partial charge in [-0.2, -0.15) is 5.10 Å². The molecule has 14 heteroatoms. The second-order valence-electron chi connectivity index (χ2n) is 8.42. The number of aromatic nitrogens is 7. The molecule has 0 spiro atoms. The molecule has 1 aromatic carbocycles. The van der Waals surface area contributed by atoms with E-state index in [1.165, 1.54) is 25.7 Å². The zero-order valence-corrected chi connectivity index (χ0v) is 22.8. The molecule has 0 radical (unpaired) electrons. The molecule has 38 heavy (non-hydrogen) atoms. The third kappa shape index (κ3) is 5.31. The Hall–Kier alpha value is -4.04. The summed E-state index contributed by atoms with van der Waals surface area (Å²) in [7, 11) is 0.659. The van der Waals surface area contributed by atoms with E-state index in [4.69, 9.17) is 14.2 Å². The van der Waals surface area contributed by atoms with E-state index in [1.807, 2.05) is 6.92 Å². The van der Waals surface area contributed by atoms with Crippen molar-refractivity contribution in [3.8, 4) is 28.7 Å². The van der Waals surface area contributed by atoms with Crippen LogP contribution in [0, 0.1) is 6.92 Å². The van der Waals surface area contributed by atoms with Gasteiger partial charge >= 0.3 is 0 Å². The monoisotopic (exact) mass is 542 g/mol. The molecule has 0 bridgehead atoms. The SMILES string of the molecule is CCO[C@@H](c1ncc(C)cn1)[C@@H](C)S(=O)(=O)Nc1nnc(-c2ccn(C)n2)n1-c1c(OC)cccc1OC. The van der Waals surface area contributed by atoms with E-state index in [0.717, 1.165) is 5.56 Å². The van der Waals surface area contributed by atoms with Gasteiger partial charge in [0.25, 0.3) is 0 Å². The van der Waals surface area contributed by atoms with Crippen molar-refractivity contribution in [3.63, 3.8) is 0 Å². The number of hydrogen-bond acceptors (Lipinski definition) is 10. The number of hydrogen-bond donors (Lipinski definition) is 1. The van der Waals surface area contributed by atoms with E-state index >= 15 is 0 Å². The van der Waals surface area contributed by atoms with Crippen LogP contribution in [-0.2, 0) is 21.8 Å². The van der Waals surface area contributed by atoms with E-state index in [9.17, 15) is 8.42 Å². The number of sulfonamides is 1. The molecule has 0 amide bonds. The lowest BCUT2D eigenvalue weighted by molar-refractivity contribution is 0.0557. The smallest absolute Gasteiger partial charge is 0.243 e. The Morgan fingerprint density at radius 2 is 1.71 bits per heavy atom. The lowest BCUT2D eigenvalue weighted by atomic mass is 10.2. The van der Waals surface area contributed by atoms with Gasteiger partial charge in [0.2, 0.25) is 16.0 Å². The second kappa shape index (κ2) is 11.1. The summed E-state index contributed by atoms with van der Waals surface area (Å²) in [6.07, 6.45) is 4.05. The summed E-state index contributed by atoms with van der Waals surface area (Å²) in [5, 5.41) is 11.8. The largest absolute Gasteiger partial charge is 0.494 e. The number of methoxy groups -OCH3 is 2. The van der Waals surface area contributed by atoms with Crippen molar-refractivity contribution < 1.29 is 22.6 Å². The molecule has 202 valence electrons. The van der Waals surface area contributed by atoms with E-state index in [-0.39, 0.29) is 24.2 Å². The molecule has 2 atom stereocenters. The van der Waals surface area contributed by atoms with Gasteiger partial charge in [-0.25, -0.2) is 18.4 Å². The minimum atomic E-state index is -4.11. The van der Waals surface area contributed by atoms with Crippen LogP contribution in [0.4, 0.5) is 5.95 Å². The van der Waals surface area contributed by atoms with Gasteiger partial charge in [0.15, 0.2) is 11.6 Å². The van der Waals surface area contributed by atoms with E-state index in [2.05, 4.69) is 30.0 Å². The summed E-state index contributed by atoms with van der Waals surface area (Å²) in [6.45, 7) is 5.41. The van der Waals surface area contributed by atoms with Gasteiger partial charge in [-0.1, -0.05) is 6.07 Å². The molecule has 0 unspecified atom stereocenters. The van der Waals surface area contributed by atoms with Crippen molar-refractivity contribution in [1.82, 2.24) is 34.5 Å². The molecule has 4 aromatic rings. The second-order valence-corrected chi connectivity index (χ2v) is 10.5. The molecule has 0 saturated heterocycles. The average Bonchev–Trinajstić information content (AvgIpc) is 3.52. The van der Waals surface area contributed by atoms with E-state index < -0.39 is 21.4 Å². The molecule has 0 saturated carbocycles. The molecule has 3 heterocycles. The van der Waals surface area contributed by atoms with Crippen LogP contribution >= 0.6 is 0 Å². The molecule has 0 aliphatic rings. The number of aryl methyl sites for hydroxylation is 2. The highest BCUT2D eigenvalue weighted by Gasteiger charge is 2.35. The number of anilines is 1. The number of para-hydroxylation sites is 1. The summed E-state index contributed by atoms with van der Waals surface area (Å²) >= 11 is 0. The normalized spacial score (nSPS) is 13.2. The number of benzene rings is 1. The average molecular weight is 543 g/mol. The highest BCUT2D eigenvalue weighted by atomic mass is 32.2. The Kier molecular flexibility index (Phi) is 7.92. The van der Waals surface area contributed by atoms with Gasteiger partial charge in [0.1, 0.15) is 34.2 Å². The number of rotatable bonds is 11. The maximum Gasteiger partial charge on any atom is 0.243 e. The minimum absolute atomic E-state index is 0.0830. The van der Waals surface area contributed by atoms with Crippen molar-refractivity contribution in [2.45, 2.75) is 32.1 Å². The molecule has 3 aromatic heterocycles. The van der Waals surface area contributed by atoms with Crippen LogP contribution < -0.4 is 14.2 Å². The minimum Gasteiger partial charge on any atom is -0.494 e. The Morgan fingerprint density at radius 1 is 1.05 bits per heavy atom. The molecule has 4 rings (SSSR count). The number of nitrogens with zero attached hydrogens (tertiary/aromatic N) is 7. The topological polar surface area (TPSA) is 148 Å². The van der Waals surface area contributed by atoms with Crippen LogP contribution in [0.5, 0.6) is 11.5 Å². The lowest BCUT2D eigenvalue weighted by Gasteiger charge is -2.23. The fourth-order valence-corrected chi connectivity index (χ4v) is 4.94. The Labute approximate surface area is 220 Å². The molecular formula is C24H30N8O5S. The van der Waals surface area contributed by atoms with Crippen LogP contribution in [0.2, 0.25) is 0 Å². The molecular weight excluding hydrogens is 512 g/mol. The summed E-state index contributed by atoms with van der Waals surface area (Å²) in [5.74, 6) is 1.28. The van der Waals surface area contributed by atoms with Crippen LogP contribution in [0.3, 0.4) is 0 Å². The number of nitrogens with one attached hydrogen (secondary N) is 1. The van der Waals surface area contributed by atoms with Gasteiger partial charge in [0, 0.05) is 32.2 Å². The Balaban J connectivity index is 1.82. The van der Waals surface area contributed by atoms with Gasteiger partial charge < -0.3 is 14.2 Å². The first-order valence-corrected chi connectivity index (χ1v) is 13.3.